The fourth-order valence-corrected chi connectivity index (χ4v) is 1.87. The Morgan fingerprint density at radius 1 is 1.47 bits per heavy atom. The standard InChI is InChI=1S/C11H14N2O2/c1-11(2)6-13(7-11)8-3-4-9(10(14)15)12-5-8/h3-5H,6-7H2,1-2H3,(H,14,15). The number of nitrogens with zero attached hydrogens (tertiary/aromatic N) is 2. The smallest absolute Gasteiger partial charge is 0.354 e. The van der Waals surface area contributed by atoms with Crippen LogP contribution in [0.1, 0.15) is 24.3 Å². The second kappa shape index (κ2) is 3.22. The first-order chi connectivity index (χ1) is 6.98. The average molecular weight is 206 g/mol. The van der Waals surface area contributed by atoms with Crippen molar-refractivity contribution in [2.45, 2.75) is 13.8 Å². The topological polar surface area (TPSA) is 53.4 Å². The van der Waals surface area contributed by atoms with E-state index in [4.69, 9.17) is 5.11 Å². The van der Waals surface area contributed by atoms with Gasteiger partial charge in [-0.2, -0.15) is 0 Å². The lowest BCUT2D eigenvalue weighted by molar-refractivity contribution is 0.0690. The van der Waals surface area contributed by atoms with Crippen LogP contribution in [-0.4, -0.2) is 29.1 Å². The van der Waals surface area contributed by atoms with Crippen LogP contribution in [0.2, 0.25) is 0 Å². The molecule has 0 unspecified atom stereocenters. The van der Waals surface area contributed by atoms with E-state index in [1.165, 1.54) is 0 Å². The van der Waals surface area contributed by atoms with Crippen LogP contribution in [-0.2, 0) is 0 Å². The molecule has 0 spiro atoms. The second-order valence-electron chi connectivity index (χ2n) is 4.73. The molecule has 0 aliphatic carbocycles. The third kappa shape index (κ3) is 1.93. The molecule has 2 rings (SSSR count). The van der Waals surface area contributed by atoms with E-state index in [0.717, 1.165) is 18.8 Å². The summed E-state index contributed by atoms with van der Waals surface area (Å²) in [6.07, 6.45) is 1.62. The van der Waals surface area contributed by atoms with E-state index >= 15 is 0 Å². The molecule has 0 amide bonds. The van der Waals surface area contributed by atoms with Crippen molar-refractivity contribution in [3.05, 3.63) is 24.0 Å². The summed E-state index contributed by atoms with van der Waals surface area (Å²) in [5.41, 5.74) is 1.46. The van der Waals surface area contributed by atoms with Gasteiger partial charge in [-0.1, -0.05) is 13.8 Å². The molecule has 1 aromatic rings. The Balaban J connectivity index is 2.09. The average Bonchev–Trinajstić information content (AvgIpc) is 2.14. The number of hydrogen-bond donors (Lipinski definition) is 1. The van der Waals surface area contributed by atoms with Gasteiger partial charge in [-0.25, -0.2) is 9.78 Å². The number of hydrogen-bond acceptors (Lipinski definition) is 3. The predicted molar refractivity (Wildman–Crippen MR) is 57.2 cm³/mol. The highest BCUT2D eigenvalue weighted by atomic mass is 16.4. The summed E-state index contributed by atoms with van der Waals surface area (Å²) in [5, 5.41) is 8.69. The summed E-state index contributed by atoms with van der Waals surface area (Å²) >= 11 is 0. The van der Waals surface area contributed by atoms with Crippen molar-refractivity contribution >= 4 is 11.7 Å². The van der Waals surface area contributed by atoms with E-state index < -0.39 is 5.97 Å². The molecular formula is C11H14N2O2. The highest BCUT2D eigenvalue weighted by Crippen LogP contribution is 2.32. The summed E-state index contributed by atoms with van der Waals surface area (Å²) < 4.78 is 0. The van der Waals surface area contributed by atoms with Crippen LogP contribution in [0.4, 0.5) is 5.69 Å². The number of aromatic nitrogens is 1. The monoisotopic (exact) mass is 206 g/mol. The third-order valence-electron chi connectivity index (χ3n) is 2.57. The number of carboxylic acids is 1. The van der Waals surface area contributed by atoms with Gasteiger partial charge >= 0.3 is 5.97 Å². The van der Waals surface area contributed by atoms with Gasteiger partial charge in [-0.3, -0.25) is 0 Å². The van der Waals surface area contributed by atoms with Crippen LogP contribution in [0, 0.1) is 5.41 Å². The molecule has 1 fully saturated rings. The third-order valence-corrected chi connectivity index (χ3v) is 2.57. The first-order valence-electron chi connectivity index (χ1n) is 4.92. The van der Waals surface area contributed by atoms with E-state index in [9.17, 15) is 4.79 Å². The fourth-order valence-electron chi connectivity index (χ4n) is 1.87. The SMILES string of the molecule is CC1(C)CN(c2ccc(C(=O)O)nc2)C1. The summed E-state index contributed by atoms with van der Waals surface area (Å²) in [6, 6.07) is 3.36. The molecule has 1 saturated heterocycles. The number of anilines is 1. The zero-order valence-electron chi connectivity index (χ0n) is 8.90. The lowest BCUT2D eigenvalue weighted by Crippen LogP contribution is -2.53. The van der Waals surface area contributed by atoms with E-state index in [0.29, 0.717) is 5.41 Å². The van der Waals surface area contributed by atoms with E-state index in [1.807, 2.05) is 6.07 Å². The van der Waals surface area contributed by atoms with Crippen LogP contribution >= 0.6 is 0 Å². The molecule has 0 aromatic carbocycles. The molecule has 0 radical (unpaired) electrons. The molecule has 1 aromatic heterocycles. The van der Waals surface area contributed by atoms with Crippen molar-refractivity contribution in [1.29, 1.82) is 0 Å². The van der Waals surface area contributed by atoms with Crippen molar-refractivity contribution < 1.29 is 9.90 Å². The Labute approximate surface area is 88.6 Å². The van der Waals surface area contributed by atoms with E-state index in [1.54, 1.807) is 12.3 Å². The molecular weight excluding hydrogens is 192 g/mol. The van der Waals surface area contributed by atoms with Crippen molar-refractivity contribution in [2.75, 3.05) is 18.0 Å². The van der Waals surface area contributed by atoms with Gasteiger partial charge in [0.25, 0.3) is 0 Å². The van der Waals surface area contributed by atoms with Gasteiger partial charge in [0.2, 0.25) is 0 Å². The maximum Gasteiger partial charge on any atom is 0.354 e. The minimum atomic E-state index is -0.981. The molecule has 0 bridgehead atoms. The van der Waals surface area contributed by atoms with Crippen molar-refractivity contribution in [1.82, 2.24) is 4.98 Å². The molecule has 0 atom stereocenters. The Bertz CT molecular complexity index is 376. The van der Waals surface area contributed by atoms with Gasteiger partial charge in [0.1, 0.15) is 5.69 Å². The predicted octanol–water partition coefficient (Wildman–Crippen LogP) is 1.63. The molecule has 4 heteroatoms. The van der Waals surface area contributed by atoms with Gasteiger partial charge in [0.05, 0.1) is 11.9 Å². The molecule has 1 aliphatic rings. The normalized spacial score (nSPS) is 18.4. The van der Waals surface area contributed by atoms with Gasteiger partial charge in [-0.15, -0.1) is 0 Å². The Morgan fingerprint density at radius 2 is 2.13 bits per heavy atom. The molecule has 0 saturated carbocycles. The highest BCUT2D eigenvalue weighted by molar-refractivity contribution is 5.85. The summed E-state index contributed by atoms with van der Waals surface area (Å²) in [5.74, 6) is -0.981. The zero-order valence-corrected chi connectivity index (χ0v) is 8.90. The molecule has 1 aliphatic heterocycles. The van der Waals surface area contributed by atoms with Crippen molar-refractivity contribution in [2.24, 2.45) is 5.41 Å². The van der Waals surface area contributed by atoms with Crippen molar-refractivity contribution in [3.63, 3.8) is 0 Å². The minimum absolute atomic E-state index is 0.0959. The largest absolute Gasteiger partial charge is 0.477 e. The number of aromatic carboxylic acids is 1. The lowest BCUT2D eigenvalue weighted by atomic mass is 9.84. The molecule has 15 heavy (non-hydrogen) atoms. The molecule has 4 nitrogen and oxygen atoms in total. The summed E-state index contributed by atoms with van der Waals surface area (Å²) in [7, 11) is 0. The minimum Gasteiger partial charge on any atom is -0.477 e. The number of carbonyl (C=O) groups is 1. The maximum absolute atomic E-state index is 10.6. The Hall–Kier alpha value is -1.58. The van der Waals surface area contributed by atoms with E-state index in [-0.39, 0.29) is 5.69 Å². The lowest BCUT2D eigenvalue weighted by Gasteiger charge is -2.47. The molecule has 2 heterocycles. The van der Waals surface area contributed by atoms with Gasteiger partial charge < -0.3 is 10.0 Å². The van der Waals surface area contributed by atoms with Crippen LogP contribution in [0.3, 0.4) is 0 Å². The van der Waals surface area contributed by atoms with Crippen LogP contribution in [0.25, 0.3) is 0 Å². The Morgan fingerprint density at radius 3 is 2.53 bits per heavy atom. The van der Waals surface area contributed by atoms with Crippen LogP contribution < -0.4 is 4.90 Å². The van der Waals surface area contributed by atoms with Gasteiger partial charge in [0.15, 0.2) is 0 Å². The number of rotatable bonds is 2. The van der Waals surface area contributed by atoms with Crippen molar-refractivity contribution in [3.8, 4) is 0 Å². The maximum atomic E-state index is 10.6. The first kappa shape index (κ1) is 9.96. The zero-order chi connectivity index (χ0) is 11.1. The van der Waals surface area contributed by atoms with Gasteiger partial charge in [0, 0.05) is 13.1 Å². The van der Waals surface area contributed by atoms with Crippen LogP contribution in [0.15, 0.2) is 18.3 Å². The Kier molecular flexibility index (Phi) is 2.14. The van der Waals surface area contributed by atoms with Gasteiger partial charge in [-0.05, 0) is 17.5 Å². The molecule has 80 valence electrons. The number of carboxylic acid groups (broad SMARTS) is 1. The number of pyridine rings is 1. The first-order valence-corrected chi connectivity index (χ1v) is 4.92. The quantitative estimate of drug-likeness (QED) is 0.799. The fraction of sp³-hybridized carbons (Fsp3) is 0.455. The van der Waals surface area contributed by atoms with E-state index in [2.05, 4.69) is 23.7 Å². The summed E-state index contributed by atoms with van der Waals surface area (Å²) in [6.45, 7) is 6.42. The second-order valence-corrected chi connectivity index (χ2v) is 4.73. The van der Waals surface area contributed by atoms with Crippen LogP contribution in [0.5, 0.6) is 0 Å². The highest BCUT2D eigenvalue weighted by Gasteiger charge is 2.34. The molecule has 1 N–H and O–H groups in total. The summed E-state index contributed by atoms with van der Waals surface area (Å²) in [4.78, 5) is 16.7.